The van der Waals surface area contributed by atoms with Crippen LogP contribution in [-0.2, 0) is 11.2 Å². The van der Waals surface area contributed by atoms with E-state index in [-0.39, 0.29) is 5.91 Å². The number of aryl methyl sites for hydroxylation is 1. The van der Waals surface area contributed by atoms with Crippen LogP contribution in [0.15, 0.2) is 29.7 Å². The van der Waals surface area contributed by atoms with Crippen molar-refractivity contribution in [1.29, 1.82) is 0 Å². The predicted octanol–water partition coefficient (Wildman–Crippen LogP) is 1.08. The van der Waals surface area contributed by atoms with Crippen molar-refractivity contribution in [2.75, 3.05) is 24.2 Å². The highest BCUT2D eigenvalue weighted by atomic mass is 32.2. The lowest BCUT2D eigenvalue weighted by Crippen LogP contribution is -2.30. The fourth-order valence-corrected chi connectivity index (χ4v) is 2.20. The summed E-state index contributed by atoms with van der Waals surface area (Å²) in [6.07, 6.45) is 4.27. The Morgan fingerprint density at radius 3 is 3.05 bits per heavy atom. The van der Waals surface area contributed by atoms with Crippen molar-refractivity contribution in [3.05, 3.63) is 30.4 Å². The monoisotopic (exact) mass is 306 g/mol. The number of hydrogen-bond acceptors (Lipinski definition) is 6. The second-order valence-electron chi connectivity index (χ2n) is 4.23. The quantitative estimate of drug-likeness (QED) is 0.499. The van der Waals surface area contributed by atoms with E-state index in [2.05, 4.69) is 30.8 Å². The summed E-state index contributed by atoms with van der Waals surface area (Å²) in [4.78, 5) is 19.9. The molecular weight excluding hydrogens is 288 g/mol. The molecule has 0 aliphatic carbocycles. The number of amides is 1. The minimum atomic E-state index is -0.0316. The van der Waals surface area contributed by atoms with Crippen LogP contribution in [-0.4, -0.2) is 44.9 Å². The van der Waals surface area contributed by atoms with Gasteiger partial charge in [-0.3, -0.25) is 14.9 Å². The summed E-state index contributed by atoms with van der Waals surface area (Å²) in [5.74, 6) is 1.11. The molecule has 0 bridgehead atoms. The lowest BCUT2D eigenvalue weighted by molar-refractivity contribution is -0.118. The number of pyridine rings is 1. The Labute approximate surface area is 127 Å². The normalized spacial score (nSPS) is 10.3. The van der Waals surface area contributed by atoms with Gasteiger partial charge in [0.25, 0.3) is 0 Å². The fourth-order valence-electron chi connectivity index (χ4n) is 1.56. The molecule has 7 nitrogen and oxygen atoms in total. The molecule has 21 heavy (non-hydrogen) atoms. The number of nitrogens with zero attached hydrogens (tertiary/aromatic N) is 3. The Morgan fingerprint density at radius 2 is 2.33 bits per heavy atom. The molecule has 3 N–H and O–H groups in total. The van der Waals surface area contributed by atoms with Gasteiger partial charge < -0.3 is 10.6 Å². The van der Waals surface area contributed by atoms with Gasteiger partial charge in [0, 0.05) is 31.9 Å². The van der Waals surface area contributed by atoms with E-state index in [9.17, 15) is 4.79 Å². The van der Waals surface area contributed by atoms with E-state index in [1.54, 1.807) is 12.4 Å². The Bertz CT molecular complexity index is 559. The standard InChI is InChI=1S/C13H18N6OS/c1-2-11-17-13(19-18-11)21-9-12(20)16-7-6-15-10-4-3-5-14-8-10/h3-5,8,15H,2,6-7,9H2,1H3,(H,16,20)(H,17,18,19). The summed E-state index contributed by atoms with van der Waals surface area (Å²) in [7, 11) is 0. The Morgan fingerprint density at radius 1 is 1.43 bits per heavy atom. The summed E-state index contributed by atoms with van der Waals surface area (Å²) < 4.78 is 0. The third-order valence-electron chi connectivity index (χ3n) is 2.62. The first-order valence-corrected chi connectivity index (χ1v) is 7.71. The van der Waals surface area contributed by atoms with Crippen molar-refractivity contribution in [2.24, 2.45) is 0 Å². The Balaban J connectivity index is 1.59. The van der Waals surface area contributed by atoms with Gasteiger partial charge in [0.1, 0.15) is 5.82 Å². The van der Waals surface area contributed by atoms with Crippen molar-refractivity contribution < 1.29 is 4.79 Å². The van der Waals surface area contributed by atoms with Crippen LogP contribution in [0.25, 0.3) is 0 Å². The molecule has 0 aliphatic rings. The van der Waals surface area contributed by atoms with Crippen molar-refractivity contribution in [2.45, 2.75) is 18.5 Å². The highest BCUT2D eigenvalue weighted by molar-refractivity contribution is 7.99. The third kappa shape index (κ3) is 5.42. The maximum Gasteiger partial charge on any atom is 0.230 e. The second-order valence-corrected chi connectivity index (χ2v) is 5.17. The molecule has 0 aromatic carbocycles. The third-order valence-corrected chi connectivity index (χ3v) is 3.46. The number of thioether (sulfide) groups is 1. The number of hydrogen-bond donors (Lipinski definition) is 3. The van der Waals surface area contributed by atoms with E-state index < -0.39 is 0 Å². The Hall–Kier alpha value is -2.09. The van der Waals surface area contributed by atoms with Crippen molar-refractivity contribution in [3.8, 4) is 0 Å². The first-order valence-electron chi connectivity index (χ1n) is 6.72. The number of carbonyl (C=O) groups is 1. The summed E-state index contributed by atoms with van der Waals surface area (Å²) in [5, 5.41) is 13.5. The average Bonchev–Trinajstić information content (AvgIpc) is 2.99. The average molecular weight is 306 g/mol. The summed E-state index contributed by atoms with van der Waals surface area (Å²) in [5.41, 5.74) is 0.939. The van der Waals surface area contributed by atoms with Crippen LogP contribution in [0.1, 0.15) is 12.7 Å². The van der Waals surface area contributed by atoms with Gasteiger partial charge >= 0.3 is 0 Å². The van der Waals surface area contributed by atoms with Gasteiger partial charge in [-0.05, 0) is 12.1 Å². The molecule has 0 fully saturated rings. The van der Waals surface area contributed by atoms with Gasteiger partial charge in [-0.1, -0.05) is 18.7 Å². The summed E-state index contributed by atoms with van der Waals surface area (Å²) in [6, 6.07) is 3.79. The Kier molecular flexibility index (Phi) is 6.01. The molecule has 0 aliphatic heterocycles. The zero-order chi connectivity index (χ0) is 14.9. The van der Waals surface area contributed by atoms with Gasteiger partial charge in [-0.2, -0.15) is 0 Å². The van der Waals surface area contributed by atoms with E-state index >= 15 is 0 Å². The van der Waals surface area contributed by atoms with Crippen LogP contribution in [0, 0.1) is 0 Å². The molecule has 0 unspecified atom stereocenters. The van der Waals surface area contributed by atoms with E-state index in [0.717, 1.165) is 17.9 Å². The predicted molar refractivity (Wildman–Crippen MR) is 82.2 cm³/mol. The lowest BCUT2D eigenvalue weighted by atomic mass is 10.4. The van der Waals surface area contributed by atoms with Gasteiger partial charge in [-0.25, -0.2) is 4.98 Å². The summed E-state index contributed by atoms with van der Waals surface area (Å²) >= 11 is 1.32. The molecule has 1 amide bonds. The number of H-pyrrole nitrogens is 1. The van der Waals surface area contributed by atoms with Crippen LogP contribution in [0.2, 0.25) is 0 Å². The molecule has 2 heterocycles. The zero-order valence-electron chi connectivity index (χ0n) is 11.8. The molecule has 8 heteroatoms. The molecule has 0 atom stereocenters. The maximum absolute atomic E-state index is 11.7. The van der Waals surface area contributed by atoms with E-state index in [1.165, 1.54) is 11.8 Å². The van der Waals surface area contributed by atoms with Crippen LogP contribution >= 0.6 is 11.8 Å². The molecule has 0 saturated carbocycles. The number of carbonyl (C=O) groups excluding carboxylic acids is 1. The van der Waals surface area contributed by atoms with Crippen molar-refractivity contribution in [1.82, 2.24) is 25.5 Å². The highest BCUT2D eigenvalue weighted by Gasteiger charge is 2.06. The number of anilines is 1. The lowest BCUT2D eigenvalue weighted by Gasteiger charge is -2.06. The number of aromatic nitrogens is 4. The van der Waals surface area contributed by atoms with E-state index in [0.29, 0.717) is 24.0 Å². The molecular formula is C13H18N6OS. The first kappa shape index (κ1) is 15.3. The molecule has 2 rings (SSSR count). The van der Waals surface area contributed by atoms with Crippen LogP contribution < -0.4 is 10.6 Å². The topological polar surface area (TPSA) is 95.6 Å². The molecule has 0 saturated heterocycles. The van der Waals surface area contributed by atoms with Gasteiger partial charge in [-0.15, -0.1) is 5.10 Å². The number of rotatable bonds is 8. The van der Waals surface area contributed by atoms with E-state index in [4.69, 9.17) is 0 Å². The molecule has 0 radical (unpaired) electrons. The van der Waals surface area contributed by atoms with Gasteiger partial charge in [0.15, 0.2) is 0 Å². The second kappa shape index (κ2) is 8.25. The zero-order valence-corrected chi connectivity index (χ0v) is 12.6. The minimum Gasteiger partial charge on any atom is -0.382 e. The van der Waals surface area contributed by atoms with Gasteiger partial charge in [0.05, 0.1) is 11.4 Å². The van der Waals surface area contributed by atoms with Gasteiger partial charge in [0.2, 0.25) is 11.1 Å². The first-order chi connectivity index (χ1) is 10.3. The van der Waals surface area contributed by atoms with Crippen LogP contribution in [0.4, 0.5) is 5.69 Å². The minimum absolute atomic E-state index is 0.0316. The molecule has 112 valence electrons. The maximum atomic E-state index is 11.7. The number of aromatic amines is 1. The van der Waals surface area contributed by atoms with Crippen LogP contribution in [0.3, 0.4) is 0 Å². The SMILES string of the molecule is CCc1nc(SCC(=O)NCCNc2cccnc2)n[nH]1. The summed E-state index contributed by atoms with van der Waals surface area (Å²) in [6.45, 7) is 3.21. The van der Waals surface area contributed by atoms with Crippen molar-refractivity contribution >= 4 is 23.4 Å². The molecule has 2 aromatic rings. The van der Waals surface area contributed by atoms with Crippen LogP contribution in [0.5, 0.6) is 0 Å². The largest absolute Gasteiger partial charge is 0.382 e. The number of nitrogens with one attached hydrogen (secondary N) is 3. The molecule has 0 spiro atoms. The van der Waals surface area contributed by atoms with E-state index in [1.807, 2.05) is 19.1 Å². The molecule has 2 aromatic heterocycles. The fraction of sp³-hybridized carbons (Fsp3) is 0.385. The smallest absolute Gasteiger partial charge is 0.230 e. The highest BCUT2D eigenvalue weighted by Crippen LogP contribution is 2.11. The van der Waals surface area contributed by atoms with Crippen molar-refractivity contribution in [3.63, 3.8) is 0 Å².